The fraction of sp³-hybridized carbons (Fsp3) is 0. The van der Waals surface area contributed by atoms with Gasteiger partial charge in [0.15, 0.2) is 11.6 Å². The molecule has 0 spiro atoms. The predicted molar refractivity (Wildman–Crippen MR) is 43.0 cm³/mol. The molecule has 4 nitrogen and oxygen atoms in total. The van der Waals surface area contributed by atoms with Crippen LogP contribution in [0.2, 0.25) is 0 Å². The van der Waals surface area contributed by atoms with Crippen molar-refractivity contribution in [3.05, 3.63) is 29.6 Å². The molecule has 3 N–H and O–H groups in total. The minimum Gasteiger partial charge on any atom is -0.265 e. The Hall–Kier alpha value is -1.28. The van der Waals surface area contributed by atoms with E-state index in [0.29, 0.717) is 12.1 Å². The molecule has 1 rings (SSSR count). The highest BCUT2D eigenvalue weighted by molar-refractivity contribution is 7.90. The first-order chi connectivity index (χ1) is 6.29. The Balaban J connectivity index is 3.22. The molecular weight excluding hydrogens is 221 g/mol. The molecule has 0 aliphatic heterocycles. The molecule has 8 heteroatoms. The van der Waals surface area contributed by atoms with Gasteiger partial charge in [0.2, 0.25) is 0 Å². The van der Waals surface area contributed by atoms with Crippen LogP contribution < -0.4 is 9.86 Å². The fourth-order valence-electron chi connectivity index (χ4n) is 0.782. The van der Waals surface area contributed by atoms with Crippen LogP contribution in [0.3, 0.4) is 0 Å². The smallest absolute Gasteiger partial charge is 0.265 e. The molecule has 0 saturated heterocycles. The van der Waals surface area contributed by atoms with Crippen LogP contribution in [-0.2, 0) is 10.2 Å². The molecule has 0 aromatic heterocycles. The monoisotopic (exact) mass is 226 g/mol. The second-order valence-corrected chi connectivity index (χ2v) is 3.69. The molecule has 0 amide bonds. The molecule has 0 aliphatic carbocycles. The molecule has 0 heterocycles. The zero-order valence-electron chi connectivity index (χ0n) is 6.59. The third kappa shape index (κ3) is 2.60. The van der Waals surface area contributed by atoms with Gasteiger partial charge in [-0.2, -0.15) is 8.42 Å². The SMILES string of the molecule is NS(=O)(=O)Nc1c(F)cc(F)cc1F. The van der Waals surface area contributed by atoms with Crippen LogP contribution in [0.4, 0.5) is 18.9 Å². The van der Waals surface area contributed by atoms with Crippen LogP contribution in [-0.4, -0.2) is 8.42 Å². The second kappa shape index (κ2) is 3.46. The largest absolute Gasteiger partial charge is 0.296 e. The van der Waals surface area contributed by atoms with Gasteiger partial charge in [-0.25, -0.2) is 18.3 Å². The van der Waals surface area contributed by atoms with E-state index >= 15 is 0 Å². The van der Waals surface area contributed by atoms with Crippen LogP contribution in [0.25, 0.3) is 0 Å². The van der Waals surface area contributed by atoms with Gasteiger partial charge in [-0.15, -0.1) is 0 Å². The number of benzene rings is 1. The Labute approximate surface area is 77.7 Å². The van der Waals surface area contributed by atoms with E-state index in [4.69, 9.17) is 0 Å². The van der Waals surface area contributed by atoms with E-state index in [2.05, 4.69) is 5.14 Å². The molecule has 1 aromatic rings. The van der Waals surface area contributed by atoms with E-state index in [1.165, 1.54) is 4.72 Å². The van der Waals surface area contributed by atoms with E-state index < -0.39 is 33.3 Å². The van der Waals surface area contributed by atoms with Gasteiger partial charge in [-0.3, -0.25) is 4.72 Å². The molecule has 0 saturated carbocycles. The van der Waals surface area contributed by atoms with Crippen LogP contribution in [0.15, 0.2) is 12.1 Å². The highest BCUT2D eigenvalue weighted by Crippen LogP contribution is 2.20. The Morgan fingerprint density at radius 1 is 1.14 bits per heavy atom. The van der Waals surface area contributed by atoms with E-state index in [-0.39, 0.29) is 0 Å². The Bertz CT molecular complexity index is 437. The van der Waals surface area contributed by atoms with E-state index in [1.807, 2.05) is 0 Å². The molecule has 0 unspecified atom stereocenters. The lowest BCUT2D eigenvalue weighted by Crippen LogP contribution is -2.23. The molecule has 0 fully saturated rings. The number of rotatable bonds is 2. The zero-order chi connectivity index (χ0) is 10.9. The third-order valence-electron chi connectivity index (χ3n) is 1.25. The van der Waals surface area contributed by atoms with Crippen molar-refractivity contribution in [2.75, 3.05) is 4.72 Å². The average molecular weight is 226 g/mol. The van der Waals surface area contributed by atoms with Gasteiger partial charge in [0.1, 0.15) is 11.5 Å². The lowest BCUT2D eigenvalue weighted by atomic mass is 10.3. The van der Waals surface area contributed by atoms with Crippen molar-refractivity contribution in [1.82, 2.24) is 0 Å². The number of hydrogen-bond donors (Lipinski definition) is 2. The van der Waals surface area contributed by atoms with Crippen molar-refractivity contribution in [3.63, 3.8) is 0 Å². The number of hydrogen-bond acceptors (Lipinski definition) is 2. The van der Waals surface area contributed by atoms with Crippen LogP contribution in [0, 0.1) is 17.5 Å². The summed E-state index contributed by atoms with van der Waals surface area (Å²) in [6, 6.07) is 0.660. The van der Waals surface area contributed by atoms with Gasteiger partial charge >= 0.3 is 0 Å². The summed E-state index contributed by atoms with van der Waals surface area (Å²) in [5.41, 5.74) is -1.01. The Morgan fingerprint density at radius 3 is 1.93 bits per heavy atom. The second-order valence-electron chi connectivity index (χ2n) is 2.39. The standard InChI is InChI=1S/C6H5F3N2O2S/c7-3-1-4(8)6(5(9)2-3)11-14(10,12)13/h1-2,11H,(H2,10,12,13). The molecule has 14 heavy (non-hydrogen) atoms. The molecule has 78 valence electrons. The van der Waals surface area contributed by atoms with Crippen LogP contribution in [0.5, 0.6) is 0 Å². The molecule has 1 aromatic carbocycles. The van der Waals surface area contributed by atoms with Gasteiger partial charge in [0.05, 0.1) is 0 Å². The molecular formula is C6H5F3N2O2S. The first-order valence-corrected chi connectivity index (χ1v) is 4.79. The fourth-order valence-corrected chi connectivity index (χ4v) is 1.26. The van der Waals surface area contributed by atoms with E-state index in [9.17, 15) is 21.6 Å². The van der Waals surface area contributed by atoms with Gasteiger partial charge in [-0.05, 0) is 0 Å². The molecule has 0 aliphatic rings. The lowest BCUT2D eigenvalue weighted by Gasteiger charge is -2.05. The highest BCUT2D eigenvalue weighted by Gasteiger charge is 2.14. The maximum absolute atomic E-state index is 12.8. The van der Waals surface area contributed by atoms with Gasteiger partial charge < -0.3 is 0 Å². The number of anilines is 1. The minimum absolute atomic E-state index is 0.330. The number of nitrogens with one attached hydrogen (secondary N) is 1. The molecule has 0 bridgehead atoms. The van der Waals surface area contributed by atoms with Gasteiger partial charge in [0, 0.05) is 12.1 Å². The summed E-state index contributed by atoms with van der Waals surface area (Å²) in [4.78, 5) is 0. The summed E-state index contributed by atoms with van der Waals surface area (Å²) >= 11 is 0. The summed E-state index contributed by atoms with van der Waals surface area (Å²) in [6.45, 7) is 0. The van der Waals surface area contributed by atoms with Crippen LogP contribution in [0.1, 0.15) is 0 Å². The minimum atomic E-state index is -4.29. The van der Waals surface area contributed by atoms with E-state index in [0.717, 1.165) is 0 Å². The van der Waals surface area contributed by atoms with Gasteiger partial charge in [0.25, 0.3) is 10.2 Å². The zero-order valence-corrected chi connectivity index (χ0v) is 7.41. The number of halogens is 3. The summed E-state index contributed by atoms with van der Waals surface area (Å²) in [5.74, 6) is -3.91. The van der Waals surface area contributed by atoms with Crippen LogP contribution >= 0.6 is 0 Å². The van der Waals surface area contributed by atoms with Crippen molar-refractivity contribution in [2.24, 2.45) is 5.14 Å². The Kier molecular flexibility index (Phi) is 2.67. The summed E-state index contributed by atoms with van der Waals surface area (Å²) in [7, 11) is -4.29. The normalized spacial score (nSPS) is 11.4. The molecule has 0 atom stereocenters. The maximum Gasteiger partial charge on any atom is 0.296 e. The first kappa shape index (κ1) is 10.8. The average Bonchev–Trinajstić information content (AvgIpc) is 1.95. The van der Waals surface area contributed by atoms with Crippen molar-refractivity contribution in [2.45, 2.75) is 0 Å². The van der Waals surface area contributed by atoms with Crippen molar-refractivity contribution in [1.29, 1.82) is 0 Å². The Morgan fingerprint density at radius 2 is 1.57 bits per heavy atom. The summed E-state index contributed by atoms with van der Waals surface area (Å²) in [6.07, 6.45) is 0. The lowest BCUT2D eigenvalue weighted by molar-refractivity contribution is 0.547. The maximum atomic E-state index is 12.8. The van der Waals surface area contributed by atoms with Crippen molar-refractivity contribution < 1.29 is 21.6 Å². The molecule has 0 radical (unpaired) electrons. The quantitative estimate of drug-likeness (QED) is 0.779. The van der Waals surface area contributed by atoms with Crippen molar-refractivity contribution >= 4 is 15.9 Å². The predicted octanol–water partition coefficient (Wildman–Crippen LogP) is 0.719. The third-order valence-corrected chi connectivity index (χ3v) is 1.74. The highest BCUT2D eigenvalue weighted by atomic mass is 32.2. The summed E-state index contributed by atoms with van der Waals surface area (Å²) in [5, 5.41) is 4.48. The van der Waals surface area contributed by atoms with Crippen molar-refractivity contribution in [3.8, 4) is 0 Å². The van der Waals surface area contributed by atoms with E-state index in [1.54, 1.807) is 0 Å². The summed E-state index contributed by atoms with van der Waals surface area (Å²) < 4.78 is 60.1. The van der Waals surface area contributed by atoms with Gasteiger partial charge in [-0.1, -0.05) is 0 Å². The number of nitrogens with two attached hydrogens (primary N) is 1. The first-order valence-electron chi connectivity index (χ1n) is 3.24. The topological polar surface area (TPSA) is 72.2 Å².